The summed E-state index contributed by atoms with van der Waals surface area (Å²) in [4.78, 5) is 28.1. The molecule has 27 heavy (non-hydrogen) atoms. The van der Waals surface area contributed by atoms with Crippen molar-refractivity contribution >= 4 is 23.0 Å². The van der Waals surface area contributed by atoms with Crippen LogP contribution in [0.3, 0.4) is 0 Å². The molecule has 6 heteroatoms. The summed E-state index contributed by atoms with van der Waals surface area (Å²) in [5, 5.41) is 12.4. The van der Waals surface area contributed by atoms with E-state index in [1.807, 2.05) is 17.5 Å². The van der Waals surface area contributed by atoms with Crippen LogP contribution in [-0.4, -0.2) is 28.2 Å². The minimum atomic E-state index is -0.716. The molecule has 1 aromatic carbocycles. The van der Waals surface area contributed by atoms with E-state index < -0.39 is 23.1 Å². The van der Waals surface area contributed by atoms with Crippen LogP contribution in [0.2, 0.25) is 0 Å². The lowest BCUT2D eigenvalue weighted by molar-refractivity contribution is -0.129. The molecule has 0 bridgehead atoms. The summed E-state index contributed by atoms with van der Waals surface area (Å²) < 4.78 is 13.1. The quantitative estimate of drug-likeness (QED) is 0.825. The Morgan fingerprint density at radius 1 is 1.22 bits per heavy atom. The summed E-state index contributed by atoms with van der Waals surface area (Å²) >= 11 is 1.44. The minimum absolute atomic E-state index is 0.161. The fourth-order valence-electron chi connectivity index (χ4n) is 3.16. The number of thiophene rings is 1. The van der Waals surface area contributed by atoms with E-state index in [4.69, 9.17) is 0 Å². The second kappa shape index (κ2) is 7.27. The Bertz CT molecular complexity index is 879. The van der Waals surface area contributed by atoms with Crippen LogP contribution < -0.4 is 0 Å². The van der Waals surface area contributed by atoms with E-state index in [0.717, 1.165) is 10.4 Å². The molecule has 0 spiro atoms. The van der Waals surface area contributed by atoms with Crippen LogP contribution in [-0.2, 0) is 16.0 Å². The molecule has 2 heterocycles. The summed E-state index contributed by atoms with van der Waals surface area (Å²) in [5.74, 6) is -1.56. The van der Waals surface area contributed by atoms with Crippen molar-refractivity contribution in [3.05, 3.63) is 69.4 Å². The van der Waals surface area contributed by atoms with Crippen LogP contribution in [0.25, 0.3) is 0 Å². The zero-order valence-electron chi connectivity index (χ0n) is 15.5. The van der Waals surface area contributed by atoms with Gasteiger partial charge in [-0.25, -0.2) is 4.39 Å². The molecular formula is C21H22FNO3S. The number of nitrogens with zero attached hydrogens (tertiary/aromatic N) is 1. The van der Waals surface area contributed by atoms with Crippen molar-refractivity contribution in [1.29, 1.82) is 0 Å². The van der Waals surface area contributed by atoms with E-state index in [1.54, 1.807) is 32.9 Å². The Balaban J connectivity index is 1.93. The van der Waals surface area contributed by atoms with E-state index in [2.05, 4.69) is 0 Å². The van der Waals surface area contributed by atoms with E-state index in [9.17, 15) is 19.1 Å². The predicted molar refractivity (Wildman–Crippen MR) is 103 cm³/mol. The molecule has 3 rings (SSSR count). The zero-order chi connectivity index (χ0) is 19.8. The number of hydrogen-bond acceptors (Lipinski definition) is 4. The number of aliphatic hydroxyl groups is 1. The van der Waals surface area contributed by atoms with Crippen molar-refractivity contribution in [3.8, 4) is 0 Å². The molecule has 1 aliphatic rings. The largest absolute Gasteiger partial charge is 0.503 e. The third-order valence-corrected chi connectivity index (χ3v) is 5.52. The second-order valence-corrected chi connectivity index (χ2v) is 8.61. The van der Waals surface area contributed by atoms with Gasteiger partial charge in [-0.15, -0.1) is 11.3 Å². The SMILES string of the molecule is CC(C)(C)C(=O)C1=C(O)C(=O)N(CCc2ccc(F)cc2)C1c1cccs1. The molecule has 1 N–H and O–H groups in total. The number of rotatable bonds is 5. The van der Waals surface area contributed by atoms with Gasteiger partial charge in [0, 0.05) is 16.8 Å². The molecule has 0 aliphatic carbocycles. The highest BCUT2D eigenvalue weighted by Gasteiger charge is 2.46. The maximum Gasteiger partial charge on any atom is 0.290 e. The van der Waals surface area contributed by atoms with Crippen LogP contribution in [0.5, 0.6) is 0 Å². The lowest BCUT2D eigenvalue weighted by atomic mass is 9.83. The Morgan fingerprint density at radius 2 is 1.89 bits per heavy atom. The summed E-state index contributed by atoms with van der Waals surface area (Å²) in [7, 11) is 0. The van der Waals surface area contributed by atoms with Crippen molar-refractivity contribution in [2.24, 2.45) is 5.41 Å². The Kier molecular flexibility index (Phi) is 5.20. The molecular weight excluding hydrogens is 365 g/mol. The highest BCUT2D eigenvalue weighted by molar-refractivity contribution is 7.10. The van der Waals surface area contributed by atoms with Gasteiger partial charge in [0.2, 0.25) is 0 Å². The minimum Gasteiger partial charge on any atom is -0.503 e. The van der Waals surface area contributed by atoms with Crippen LogP contribution in [0, 0.1) is 11.2 Å². The summed E-state index contributed by atoms with van der Waals surface area (Å²) in [6.45, 7) is 5.63. The molecule has 1 atom stereocenters. The highest BCUT2D eigenvalue weighted by Crippen LogP contribution is 2.42. The van der Waals surface area contributed by atoms with Gasteiger partial charge in [0.05, 0.1) is 11.6 Å². The highest BCUT2D eigenvalue weighted by atomic mass is 32.1. The van der Waals surface area contributed by atoms with E-state index in [0.29, 0.717) is 13.0 Å². The number of benzene rings is 1. The van der Waals surface area contributed by atoms with Gasteiger partial charge < -0.3 is 10.0 Å². The van der Waals surface area contributed by atoms with Crippen molar-refractivity contribution in [3.63, 3.8) is 0 Å². The van der Waals surface area contributed by atoms with Gasteiger partial charge in [-0.05, 0) is 35.6 Å². The van der Waals surface area contributed by atoms with E-state index in [1.165, 1.54) is 28.4 Å². The molecule has 0 saturated carbocycles. The van der Waals surface area contributed by atoms with Gasteiger partial charge >= 0.3 is 0 Å². The Hall–Kier alpha value is -2.47. The number of carbonyl (C=O) groups excluding carboxylic acids is 2. The third-order valence-electron chi connectivity index (χ3n) is 4.60. The zero-order valence-corrected chi connectivity index (χ0v) is 16.3. The molecule has 0 fully saturated rings. The summed E-state index contributed by atoms with van der Waals surface area (Å²) in [6.07, 6.45) is 0.498. The van der Waals surface area contributed by atoms with Crippen molar-refractivity contribution < 1.29 is 19.1 Å². The number of Topliss-reactive ketones (excluding diaryl/α,β-unsaturated/α-hetero) is 1. The number of amides is 1. The number of aliphatic hydroxyl groups excluding tert-OH is 1. The Labute approximate surface area is 161 Å². The van der Waals surface area contributed by atoms with Crippen LogP contribution in [0.1, 0.15) is 37.3 Å². The first-order valence-corrected chi connectivity index (χ1v) is 9.65. The molecule has 4 nitrogen and oxygen atoms in total. The lowest BCUT2D eigenvalue weighted by Gasteiger charge is -2.27. The van der Waals surface area contributed by atoms with E-state index in [-0.39, 0.29) is 17.2 Å². The molecule has 1 unspecified atom stereocenters. The second-order valence-electron chi connectivity index (χ2n) is 7.63. The van der Waals surface area contributed by atoms with Crippen molar-refractivity contribution in [1.82, 2.24) is 4.90 Å². The first kappa shape index (κ1) is 19.3. The molecule has 142 valence electrons. The Morgan fingerprint density at radius 3 is 2.44 bits per heavy atom. The van der Waals surface area contributed by atoms with Gasteiger partial charge in [-0.3, -0.25) is 9.59 Å². The molecule has 1 amide bonds. The lowest BCUT2D eigenvalue weighted by Crippen LogP contribution is -2.34. The molecule has 0 saturated heterocycles. The molecule has 2 aromatic rings. The van der Waals surface area contributed by atoms with Crippen molar-refractivity contribution in [2.75, 3.05) is 6.54 Å². The van der Waals surface area contributed by atoms with Crippen LogP contribution in [0.15, 0.2) is 53.1 Å². The topological polar surface area (TPSA) is 57.6 Å². The van der Waals surface area contributed by atoms with Crippen LogP contribution >= 0.6 is 11.3 Å². The normalized spacial score (nSPS) is 17.7. The van der Waals surface area contributed by atoms with E-state index >= 15 is 0 Å². The van der Waals surface area contributed by atoms with Crippen LogP contribution in [0.4, 0.5) is 4.39 Å². The summed E-state index contributed by atoms with van der Waals surface area (Å²) in [5.41, 5.74) is 0.324. The summed E-state index contributed by atoms with van der Waals surface area (Å²) in [6, 6.07) is 9.23. The van der Waals surface area contributed by atoms with Gasteiger partial charge in [0.25, 0.3) is 5.91 Å². The standard InChI is InChI=1S/C21H22FNO3S/c1-21(2,3)19(25)16-17(15-5-4-12-27-15)23(20(26)18(16)24)11-10-13-6-8-14(22)9-7-13/h4-9,12,17,24H,10-11H2,1-3H3. The average Bonchev–Trinajstić information content (AvgIpc) is 3.21. The first-order valence-electron chi connectivity index (χ1n) is 8.77. The molecule has 0 radical (unpaired) electrons. The molecule has 1 aromatic heterocycles. The maximum atomic E-state index is 13.1. The average molecular weight is 387 g/mol. The molecule has 1 aliphatic heterocycles. The fraction of sp³-hybridized carbons (Fsp3) is 0.333. The smallest absolute Gasteiger partial charge is 0.290 e. The van der Waals surface area contributed by atoms with Gasteiger partial charge in [-0.1, -0.05) is 39.0 Å². The van der Waals surface area contributed by atoms with Gasteiger partial charge in [0.1, 0.15) is 5.82 Å². The fourth-order valence-corrected chi connectivity index (χ4v) is 4.01. The number of carbonyl (C=O) groups is 2. The number of halogens is 1. The van der Waals surface area contributed by atoms with Crippen molar-refractivity contribution in [2.45, 2.75) is 33.2 Å². The number of hydrogen-bond donors (Lipinski definition) is 1. The van der Waals surface area contributed by atoms with Gasteiger partial charge in [0.15, 0.2) is 11.5 Å². The van der Waals surface area contributed by atoms with Gasteiger partial charge in [-0.2, -0.15) is 0 Å². The predicted octanol–water partition coefficient (Wildman–Crippen LogP) is 4.44. The number of ketones is 1. The third kappa shape index (κ3) is 3.81. The monoisotopic (exact) mass is 387 g/mol. The maximum absolute atomic E-state index is 13.1. The first-order chi connectivity index (χ1) is 12.7.